The van der Waals surface area contributed by atoms with Crippen molar-refractivity contribution < 1.29 is 17.7 Å². The Labute approximate surface area is 78.2 Å². The van der Waals surface area contributed by atoms with Crippen molar-refractivity contribution in [3.8, 4) is 0 Å². The fraction of sp³-hybridized carbons (Fsp3) is 0.571. The second-order valence-electron chi connectivity index (χ2n) is 2.64. The first-order valence-electron chi connectivity index (χ1n) is 3.97. The lowest BCUT2D eigenvalue weighted by Gasteiger charge is -1.98. The standard InChI is InChI=1S/C7H10F3N3O/c8-7(9,10)6-3-5(14-13-6)4-12-2-1-11/h3,12H,1-2,4,11H2. The van der Waals surface area contributed by atoms with Gasteiger partial charge in [0.05, 0.1) is 6.54 Å². The smallest absolute Gasteiger partial charge is 0.359 e. The molecule has 0 unspecified atom stereocenters. The van der Waals surface area contributed by atoms with Crippen molar-refractivity contribution in [3.63, 3.8) is 0 Å². The monoisotopic (exact) mass is 209 g/mol. The topological polar surface area (TPSA) is 64.1 Å². The van der Waals surface area contributed by atoms with E-state index in [0.717, 1.165) is 6.07 Å². The summed E-state index contributed by atoms with van der Waals surface area (Å²) in [5.41, 5.74) is 4.17. The Hall–Kier alpha value is -1.08. The molecule has 0 fully saturated rings. The minimum absolute atomic E-state index is 0.144. The van der Waals surface area contributed by atoms with Crippen molar-refractivity contribution in [2.45, 2.75) is 12.7 Å². The molecule has 0 aromatic carbocycles. The molecule has 4 nitrogen and oxygen atoms in total. The van der Waals surface area contributed by atoms with Crippen molar-refractivity contribution in [3.05, 3.63) is 17.5 Å². The molecule has 7 heteroatoms. The Kier molecular flexibility index (Phi) is 3.48. The molecular formula is C7H10F3N3O. The van der Waals surface area contributed by atoms with E-state index in [1.54, 1.807) is 0 Å². The first-order valence-corrected chi connectivity index (χ1v) is 3.97. The number of rotatable bonds is 4. The van der Waals surface area contributed by atoms with E-state index in [0.29, 0.717) is 13.1 Å². The van der Waals surface area contributed by atoms with Crippen molar-refractivity contribution >= 4 is 0 Å². The number of halogens is 3. The van der Waals surface area contributed by atoms with Gasteiger partial charge in [0.15, 0.2) is 11.5 Å². The second kappa shape index (κ2) is 4.43. The first-order chi connectivity index (χ1) is 6.54. The molecule has 0 saturated heterocycles. The zero-order valence-corrected chi connectivity index (χ0v) is 7.27. The van der Waals surface area contributed by atoms with E-state index >= 15 is 0 Å². The van der Waals surface area contributed by atoms with Gasteiger partial charge < -0.3 is 15.6 Å². The average molecular weight is 209 g/mol. The normalized spacial score (nSPS) is 12.0. The molecule has 0 radical (unpaired) electrons. The third kappa shape index (κ3) is 3.00. The summed E-state index contributed by atoms with van der Waals surface area (Å²) in [5.74, 6) is 0.144. The summed E-state index contributed by atoms with van der Waals surface area (Å²) in [5, 5.41) is 5.68. The summed E-state index contributed by atoms with van der Waals surface area (Å²) in [6, 6.07) is 0.865. The maximum Gasteiger partial charge on any atom is 0.436 e. The quantitative estimate of drug-likeness (QED) is 0.718. The van der Waals surface area contributed by atoms with E-state index in [9.17, 15) is 13.2 Å². The molecule has 0 atom stereocenters. The van der Waals surface area contributed by atoms with Gasteiger partial charge >= 0.3 is 6.18 Å². The van der Waals surface area contributed by atoms with Gasteiger partial charge in [-0.05, 0) is 0 Å². The highest BCUT2D eigenvalue weighted by molar-refractivity contribution is 5.08. The van der Waals surface area contributed by atoms with Gasteiger partial charge in [0.25, 0.3) is 0 Å². The molecule has 0 aliphatic carbocycles. The number of hydrogen-bond donors (Lipinski definition) is 2. The number of nitrogens with two attached hydrogens (primary N) is 1. The second-order valence-corrected chi connectivity index (χ2v) is 2.64. The Bertz CT molecular complexity index is 284. The minimum atomic E-state index is -4.45. The van der Waals surface area contributed by atoms with E-state index in [2.05, 4.69) is 15.0 Å². The highest BCUT2D eigenvalue weighted by Gasteiger charge is 2.34. The van der Waals surface area contributed by atoms with Crippen molar-refractivity contribution in [1.29, 1.82) is 0 Å². The van der Waals surface area contributed by atoms with Crippen LogP contribution in [0, 0.1) is 0 Å². The van der Waals surface area contributed by atoms with Crippen LogP contribution in [0.3, 0.4) is 0 Å². The third-order valence-electron chi connectivity index (χ3n) is 1.47. The molecule has 14 heavy (non-hydrogen) atoms. The van der Waals surface area contributed by atoms with Gasteiger partial charge in [0, 0.05) is 19.2 Å². The maximum atomic E-state index is 12.0. The van der Waals surface area contributed by atoms with Crippen LogP contribution in [0.4, 0.5) is 13.2 Å². The van der Waals surface area contributed by atoms with Crippen LogP contribution in [-0.2, 0) is 12.7 Å². The molecule has 0 saturated carbocycles. The summed E-state index contributed by atoms with van der Waals surface area (Å²) in [6.07, 6.45) is -4.45. The lowest BCUT2D eigenvalue weighted by molar-refractivity contribution is -0.142. The Morgan fingerprint density at radius 1 is 1.50 bits per heavy atom. The van der Waals surface area contributed by atoms with Crippen molar-refractivity contribution in [2.24, 2.45) is 5.73 Å². The lowest BCUT2D eigenvalue weighted by atomic mass is 10.3. The van der Waals surface area contributed by atoms with Gasteiger partial charge in [-0.3, -0.25) is 0 Å². The summed E-state index contributed by atoms with van der Waals surface area (Å²) in [6.45, 7) is 1.13. The SMILES string of the molecule is NCCNCc1cc(C(F)(F)F)no1. The lowest BCUT2D eigenvalue weighted by Crippen LogP contribution is -2.21. The number of hydrogen-bond acceptors (Lipinski definition) is 4. The molecule has 3 N–H and O–H groups in total. The number of nitrogens with one attached hydrogen (secondary N) is 1. The molecule has 1 heterocycles. The van der Waals surface area contributed by atoms with E-state index in [4.69, 9.17) is 5.73 Å². The molecule has 1 aromatic heterocycles. The summed E-state index contributed by atoms with van der Waals surface area (Å²) >= 11 is 0. The van der Waals surface area contributed by atoms with Gasteiger partial charge in [-0.1, -0.05) is 5.16 Å². The van der Waals surface area contributed by atoms with E-state index < -0.39 is 11.9 Å². The van der Waals surface area contributed by atoms with Crippen LogP contribution < -0.4 is 11.1 Å². The first kappa shape index (κ1) is 11.0. The predicted molar refractivity (Wildman–Crippen MR) is 42.3 cm³/mol. The van der Waals surface area contributed by atoms with Gasteiger partial charge in [0.2, 0.25) is 0 Å². The van der Waals surface area contributed by atoms with Crippen molar-refractivity contribution in [2.75, 3.05) is 13.1 Å². The fourth-order valence-electron chi connectivity index (χ4n) is 0.844. The minimum Gasteiger partial charge on any atom is -0.359 e. The summed E-state index contributed by atoms with van der Waals surface area (Å²) in [4.78, 5) is 0. The molecule has 1 aromatic rings. The summed E-state index contributed by atoms with van der Waals surface area (Å²) < 4.78 is 40.5. The zero-order valence-electron chi connectivity index (χ0n) is 7.27. The third-order valence-corrected chi connectivity index (χ3v) is 1.47. The van der Waals surface area contributed by atoms with Crippen LogP contribution in [0.15, 0.2) is 10.6 Å². The molecule has 0 aliphatic rings. The number of nitrogens with zero attached hydrogens (tertiary/aromatic N) is 1. The Morgan fingerprint density at radius 3 is 2.71 bits per heavy atom. The molecule has 0 spiro atoms. The van der Waals surface area contributed by atoms with Crippen LogP contribution >= 0.6 is 0 Å². The van der Waals surface area contributed by atoms with Crippen molar-refractivity contribution in [1.82, 2.24) is 10.5 Å². The number of alkyl halides is 3. The highest BCUT2D eigenvalue weighted by Crippen LogP contribution is 2.28. The van der Waals surface area contributed by atoms with Gasteiger partial charge in [0.1, 0.15) is 0 Å². The van der Waals surface area contributed by atoms with E-state index in [1.165, 1.54) is 0 Å². The predicted octanol–water partition coefficient (Wildman–Crippen LogP) is 0.742. The van der Waals surface area contributed by atoms with Crippen LogP contribution in [0.5, 0.6) is 0 Å². The van der Waals surface area contributed by atoms with Crippen LogP contribution in [-0.4, -0.2) is 18.2 Å². The van der Waals surface area contributed by atoms with E-state index in [-0.39, 0.29) is 12.3 Å². The maximum absolute atomic E-state index is 12.0. The highest BCUT2D eigenvalue weighted by atomic mass is 19.4. The zero-order chi connectivity index (χ0) is 10.6. The van der Waals surface area contributed by atoms with Crippen LogP contribution in [0.25, 0.3) is 0 Å². The molecule has 80 valence electrons. The summed E-state index contributed by atoms with van der Waals surface area (Å²) in [7, 11) is 0. The van der Waals surface area contributed by atoms with Crippen LogP contribution in [0.2, 0.25) is 0 Å². The average Bonchev–Trinajstić information content (AvgIpc) is 2.52. The van der Waals surface area contributed by atoms with Gasteiger partial charge in [-0.25, -0.2) is 0 Å². The molecule has 0 aliphatic heterocycles. The molecule has 0 amide bonds. The Balaban J connectivity index is 2.51. The fourth-order valence-corrected chi connectivity index (χ4v) is 0.844. The Morgan fingerprint density at radius 2 is 2.21 bits per heavy atom. The molecule has 0 bridgehead atoms. The van der Waals surface area contributed by atoms with E-state index in [1.807, 2.05) is 0 Å². The largest absolute Gasteiger partial charge is 0.436 e. The number of aromatic nitrogens is 1. The molecule has 1 rings (SSSR count). The van der Waals surface area contributed by atoms with Gasteiger partial charge in [-0.15, -0.1) is 0 Å². The van der Waals surface area contributed by atoms with Gasteiger partial charge in [-0.2, -0.15) is 13.2 Å². The molecular weight excluding hydrogens is 199 g/mol. The van der Waals surface area contributed by atoms with Crippen LogP contribution in [0.1, 0.15) is 11.5 Å².